The molecule has 1 heterocycles. The summed E-state index contributed by atoms with van der Waals surface area (Å²) in [5.41, 5.74) is 2.04. The van der Waals surface area contributed by atoms with Crippen molar-refractivity contribution in [1.82, 2.24) is 5.32 Å². The fraction of sp³-hybridized carbons (Fsp3) is 0.333. The number of nitrogens with one attached hydrogen (secondary N) is 1. The third kappa shape index (κ3) is 0.992. The molecule has 16 heavy (non-hydrogen) atoms. The smallest absolute Gasteiger partial charge is 0.0128 e. The van der Waals surface area contributed by atoms with Crippen LogP contribution in [0.15, 0.2) is 42.5 Å². The van der Waals surface area contributed by atoms with Crippen molar-refractivity contribution in [2.45, 2.75) is 11.8 Å². The molecule has 1 saturated carbocycles. The normalized spacial score (nSPS) is 31.6. The van der Waals surface area contributed by atoms with Crippen LogP contribution >= 0.6 is 0 Å². The van der Waals surface area contributed by atoms with Crippen molar-refractivity contribution in [1.29, 1.82) is 0 Å². The van der Waals surface area contributed by atoms with E-state index in [1.807, 2.05) is 0 Å². The van der Waals surface area contributed by atoms with E-state index in [0.29, 0.717) is 5.41 Å². The number of rotatable bonds is 1. The van der Waals surface area contributed by atoms with Crippen LogP contribution in [0.4, 0.5) is 0 Å². The minimum absolute atomic E-state index is 0.473. The first-order chi connectivity index (χ1) is 7.90. The van der Waals surface area contributed by atoms with Crippen LogP contribution in [0.1, 0.15) is 12.0 Å². The Hall–Kier alpha value is -1.34. The van der Waals surface area contributed by atoms with Crippen molar-refractivity contribution in [2.24, 2.45) is 5.92 Å². The average molecular weight is 209 g/mol. The van der Waals surface area contributed by atoms with Gasteiger partial charge < -0.3 is 5.32 Å². The molecule has 1 saturated heterocycles. The number of fused-ring (bicyclic) bond motifs is 2. The summed E-state index contributed by atoms with van der Waals surface area (Å²) in [5.74, 6) is 0.887. The maximum Gasteiger partial charge on any atom is 0.0128 e. The second-order valence-corrected chi connectivity index (χ2v) is 5.21. The highest BCUT2D eigenvalue weighted by atomic mass is 15.0. The third-order valence-electron chi connectivity index (χ3n) is 4.39. The molecular formula is C15H15N. The predicted molar refractivity (Wildman–Crippen MR) is 66.6 cm³/mol. The maximum atomic E-state index is 3.53. The lowest BCUT2D eigenvalue weighted by molar-refractivity contribution is 0.680. The van der Waals surface area contributed by atoms with E-state index in [4.69, 9.17) is 0 Å². The van der Waals surface area contributed by atoms with Gasteiger partial charge in [-0.3, -0.25) is 0 Å². The van der Waals surface area contributed by atoms with Gasteiger partial charge in [-0.25, -0.2) is 0 Å². The summed E-state index contributed by atoms with van der Waals surface area (Å²) >= 11 is 0. The van der Waals surface area contributed by atoms with Crippen LogP contribution in [0.2, 0.25) is 0 Å². The SMILES string of the molecule is c1ccc2c([C@]34CNCC3C4)cccc2c1. The number of hydrogen-bond donors (Lipinski definition) is 1. The fourth-order valence-corrected chi connectivity index (χ4v) is 3.42. The lowest BCUT2D eigenvalue weighted by atomic mass is 9.90. The molecule has 1 unspecified atom stereocenters. The van der Waals surface area contributed by atoms with Crippen molar-refractivity contribution in [3.8, 4) is 0 Å². The Balaban J connectivity index is 1.98. The van der Waals surface area contributed by atoms with E-state index in [-0.39, 0.29) is 0 Å². The van der Waals surface area contributed by atoms with Crippen molar-refractivity contribution in [3.05, 3.63) is 48.0 Å². The van der Waals surface area contributed by atoms with Gasteiger partial charge in [0.2, 0.25) is 0 Å². The third-order valence-corrected chi connectivity index (χ3v) is 4.39. The zero-order valence-electron chi connectivity index (χ0n) is 9.24. The topological polar surface area (TPSA) is 12.0 Å². The van der Waals surface area contributed by atoms with Crippen molar-refractivity contribution < 1.29 is 0 Å². The van der Waals surface area contributed by atoms with Crippen LogP contribution in [0.25, 0.3) is 10.8 Å². The van der Waals surface area contributed by atoms with E-state index in [0.717, 1.165) is 5.92 Å². The van der Waals surface area contributed by atoms with E-state index in [2.05, 4.69) is 47.8 Å². The fourth-order valence-electron chi connectivity index (χ4n) is 3.42. The van der Waals surface area contributed by atoms with E-state index in [1.165, 1.54) is 30.3 Å². The van der Waals surface area contributed by atoms with Crippen LogP contribution in [0, 0.1) is 5.92 Å². The quantitative estimate of drug-likeness (QED) is 0.761. The van der Waals surface area contributed by atoms with Crippen LogP contribution in [0.3, 0.4) is 0 Å². The van der Waals surface area contributed by atoms with Gasteiger partial charge in [0.1, 0.15) is 0 Å². The molecule has 1 heteroatoms. The molecule has 2 atom stereocenters. The minimum atomic E-state index is 0.473. The molecular weight excluding hydrogens is 194 g/mol. The van der Waals surface area contributed by atoms with Crippen LogP contribution < -0.4 is 5.32 Å². The maximum absolute atomic E-state index is 3.53. The molecule has 4 rings (SSSR count). The molecule has 2 aromatic carbocycles. The van der Waals surface area contributed by atoms with Crippen molar-refractivity contribution in [3.63, 3.8) is 0 Å². The number of piperidine rings is 1. The molecule has 0 aromatic heterocycles. The van der Waals surface area contributed by atoms with Gasteiger partial charge in [0.05, 0.1) is 0 Å². The summed E-state index contributed by atoms with van der Waals surface area (Å²) in [6.07, 6.45) is 1.38. The molecule has 2 aliphatic rings. The summed E-state index contributed by atoms with van der Waals surface area (Å²) in [6, 6.07) is 15.5. The minimum Gasteiger partial charge on any atom is -0.316 e. The largest absolute Gasteiger partial charge is 0.316 e. The molecule has 0 spiro atoms. The van der Waals surface area contributed by atoms with E-state index >= 15 is 0 Å². The molecule has 1 N–H and O–H groups in total. The Morgan fingerprint density at radius 1 is 1.06 bits per heavy atom. The molecule has 2 aromatic rings. The Labute approximate surface area is 95.5 Å². The van der Waals surface area contributed by atoms with Crippen LogP contribution in [0.5, 0.6) is 0 Å². The lowest BCUT2D eigenvalue weighted by Crippen LogP contribution is -2.19. The van der Waals surface area contributed by atoms with E-state index in [1.54, 1.807) is 5.56 Å². The van der Waals surface area contributed by atoms with Gasteiger partial charge in [-0.05, 0) is 35.2 Å². The Morgan fingerprint density at radius 3 is 2.75 bits per heavy atom. The van der Waals surface area contributed by atoms with E-state index < -0.39 is 0 Å². The first kappa shape index (κ1) is 8.77. The van der Waals surface area contributed by atoms with Gasteiger partial charge in [-0.15, -0.1) is 0 Å². The molecule has 0 amide bonds. The van der Waals surface area contributed by atoms with E-state index in [9.17, 15) is 0 Å². The summed E-state index contributed by atoms with van der Waals surface area (Å²) in [6.45, 7) is 2.38. The molecule has 80 valence electrons. The zero-order valence-corrected chi connectivity index (χ0v) is 9.24. The predicted octanol–water partition coefficient (Wildman–Crippen LogP) is 2.70. The van der Waals surface area contributed by atoms with Gasteiger partial charge in [-0.2, -0.15) is 0 Å². The molecule has 1 aliphatic carbocycles. The first-order valence-electron chi connectivity index (χ1n) is 6.09. The number of benzene rings is 2. The molecule has 2 fully saturated rings. The number of hydrogen-bond acceptors (Lipinski definition) is 1. The van der Waals surface area contributed by atoms with Gasteiger partial charge in [0.25, 0.3) is 0 Å². The highest BCUT2D eigenvalue weighted by Gasteiger charge is 2.58. The van der Waals surface area contributed by atoms with Gasteiger partial charge in [-0.1, -0.05) is 42.5 Å². The van der Waals surface area contributed by atoms with Crippen LogP contribution in [-0.4, -0.2) is 13.1 Å². The standard InChI is InChI=1S/C15H15N/c1-2-6-13-11(4-1)5-3-7-14(13)15-8-12(15)9-16-10-15/h1-7,12,16H,8-10H2/t12?,15-/m1/s1. The highest BCUT2D eigenvalue weighted by Crippen LogP contribution is 2.57. The van der Waals surface area contributed by atoms with Crippen LogP contribution in [-0.2, 0) is 5.41 Å². The molecule has 0 radical (unpaired) electrons. The van der Waals surface area contributed by atoms with Gasteiger partial charge in [0.15, 0.2) is 0 Å². The summed E-state index contributed by atoms with van der Waals surface area (Å²) in [4.78, 5) is 0. The summed E-state index contributed by atoms with van der Waals surface area (Å²) in [5, 5.41) is 6.36. The first-order valence-corrected chi connectivity index (χ1v) is 6.09. The zero-order chi connectivity index (χ0) is 10.6. The Kier molecular flexibility index (Phi) is 1.57. The monoisotopic (exact) mass is 209 g/mol. The van der Waals surface area contributed by atoms with Crippen molar-refractivity contribution in [2.75, 3.05) is 13.1 Å². The average Bonchev–Trinajstić information content (AvgIpc) is 2.91. The Morgan fingerprint density at radius 2 is 1.94 bits per heavy atom. The Bertz CT molecular complexity index is 555. The second-order valence-electron chi connectivity index (χ2n) is 5.21. The molecule has 0 bridgehead atoms. The lowest BCUT2D eigenvalue weighted by Gasteiger charge is -2.15. The molecule has 1 nitrogen and oxygen atoms in total. The summed E-state index contributed by atoms with van der Waals surface area (Å²) in [7, 11) is 0. The van der Waals surface area contributed by atoms with Gasteiger partial charge >= 0.3 is 0 Å². The summed E-state index contributed by atoms with van der Waals surface area (Å²) < 4.78 is 0. The second kappa shape index (κ2) is 2.86. The van der Waals surface area contributed by atoms with Crippen molar-refractivity contribution >= 4 is 10.8 Å². The highest BCUT2D eigenvalue weighted by molar-refractivity contribution is 5.87. The molecule has 1 aliphatic heterocycles. The van der Waals surface area contributed by atoms with Gasteiger partial charge in [0, 0.05) is 12.0 Å².